The lowest BCUT2D eigenvalue weighted by atomic mass is 10.2. The number of hydrogen-bond acceptors (Lipinski definition) is 4. The van der Waals surface area contributed by atoms with Crippen molar-refractivity contribution >= 4 is 17.8 Å². The van der Waals surface area contributed by atoms with Gasteiger partial charge in [-0.05, 0) is 58.1 Å². The van der Waals surface area contributed by atoms with Gasteiger partial charge < -0.3 is 25.2 Å². The van der Waals surface area contributed by atoms with E-state index in [9.17, 15) is 9.59 Å². The molecule has 7 nitrogen and oxygen atoms in total. The number of alkyl carbamates (subject to hydrolysis) is 1. The van der Waals surface area contributed by atoms with Crippen LogP contribution in [-0.4, -0.2) is 54.7 Å². The van der Waals surface area contributed by atoms with E-state index in [1.165, 1.54) is 0 Å². The molecule has 0 heterocycles. The molecule has 7 heteroatoms. The lowest BCUT2D eigenvalue weighted by Crippen LogP contribution is -2.39. The van der Waals surface area contributed by atoms with Crippen LogP contribution in [0, 0.1) is 0 Å². The summed E-state index contributed by atoms with van der Waals surface area (Å²) in [4.78, 5) is 28.7. The van der Waals surface area contributed by atoms with Crippen LogP contribution in [0.25, 0.3) is 0 Å². The molecule has 31 heavy (non-hydrogen) atoms. The van der Waals surface area contributed by atoms with Crippen LogP contribution in [-0.2, 0) is 17.8 Å². The fourth-order valence-electron chi connectivity index (χ4n) is 2.83. The number of amides is 3. The summed E-state index contributed by atoms with van der Waals surface area (Å²) in [6, 6.07) is 17.2. The van der Waals surface area contributed by atoms with Crippen LogP contribution >= 0.6 is 0 Å². The minimum Gasteiger partial charge on any atom is -0.444 e. The van der Waals surface area contributed by atoms with Gasteiger partial charge in [-0.15, -0.1) is 0 Å². The zero-order valence-corrected chi connectivity index (χ0v) is 19.1. The molecule has 0 spiro atoms. The Hall–Kier alpha value is -3.06. The van der Waals surface area contributed by atoms with Crippen LogP contribution in [0.4, 0.5) is 15.3 Å². The SMILES string of the molecule is CN(C)CCN(Cc1ccccc1)C(=O)Nc1cccc(CNC(=O)OC(C)(C)C)c1. The number of ether oxygens (including phenoxy) is 1. The maximum atomic E-state index is 13.0. The van der Waals surface area contributed by atoms with Crippen molar-refractivity contribution in [2.45, 2.75) is 39.5 Å². The first-order valence-electron chi connectivity index (χ1n) is 10.4. The monoisotopic (exact) mass is 426 g/mol. The van der Waals surface area contributed by atoms with Crippen LogP contribution in [0.5, 0.6) is 0 Å². The van der Waals surface area contributed by atoms with Crippen LogP contribution in [0.2, 0.25) is 0 Å². The Morgan fingerprint density at radius 1 is 0.935 bits per heavy atom. The van der Waals surface area contributed by atoms with Crippen molar-refractivity contribution in [3.8, 4) is 0 Å². The summed E-state index contributed by atoms with van der Waals surface area (Å²) in [5, 5.41) is 5.71. The molecule has 0 unspecified atom stereocenters. The Kier molecular flexibility index (Phi) is 8.88. The van der Waals surface area contributed by atoms with E-state index in [0.717, 1.165) is 17.7 Å². The highest BCUT2D eigenvalue weighted by molar-refractivity contribution is 5.89. The van der Waals surface area contributed by atoms with Gasteiger partial charge in [0, 0.05) is 31.9 Å². The molecule has 2 aromatic rings. The molecule has 0 aliphatic heterocycles. The fraction of sp³-hybridized carbons (Fsp3) is 0.417. The molecule has 0 aliphatic rings. The number of carbonyl (C=O) groups is 2. The number of urea groups is 1. The molecule has 0 saturated carbocycles. The Morgan fingerprint density at radius 3 is 2.26 bits per heavy atom. The largest absolute Gasteiger partial charge is 0.444 e. The van der Waals surface area contributed by atoms with Crippen molar-refractivity contribution in [2.24, 2.45) is 0 Å². The van der Waals surface area contributed by atoms with Crippen molar-refractivity contribution in [2.75, 3.05) is 32.5 Å². The van der Waals surface area contributed by atoms with Crippen LogP contribution in [0.3, 0.4) is 0 Å². The molecule has 0 radical (unpaired) electrons. The predicted octanol–water partition coefficient (Wildman–Crippen LogP) is 4.31. The maximum Gasteiger partial charge on any atom is 0.407 e. The van der Waals surface area contributed by atoms with E-state index < -0.39 is 11.7 Å². The lowest BCUT2D eigenvalue weighted by molar-refractivity contribution is 0.0523. The summed E-state index contributed by atoms with van der Waals surface area (Å²) in [6.07, 6.45) is -0.473. The molecule has 0 aromatic heterocycles. The molecule has 0 saturated heterocycles. The molecule has 0 bridgehead atoms. The molecule has 168 valence electrons. The number of carbonyl (C=O) groups excluding carboxylic acids is 2. The van der Waals surface area contributed by atoms with Gasteiger partial charge in [0.1, 0.15) is 5.60 Å². The summed E-state index contributed by atoms with van der Waals surface area (Å²) >= 11 is 0. The first-order chi connectivity index (χ1) is 14.6. The zero-order valence-electron chi connectivity index (χ0n) is 19.1. The highest BCUT2D eigenvalue weighted by atomic mass is 16.6. The number of nitrogens with one attached hydrogen (secondary N) is 2. The number of likely N-dealkylation sites (N-methyl/N-ethyl adjacent to an activating group) is 1. The first kappa shape index (κ1) is 24.2. The van der Waals surface area contributed by atoms with Crippen molar-refractivity contribution in [3.63, 3.8) is 0 Å². The Balaban J connectivity index is 2.00. The minimum absolute atomic E-state index is 0.164. The Bertz CT molecular complexity index is 847. The number of benzene rings is 2. The van der Waals surface area contributed by atoms with Gasteiger partial charge >= 0.3 is 12.1 Å². The third kappa shape index (κ3) is 9.53. The topological polar surface area (TPSA) is 73.9 Å². The number of nitrogens with zero attached hydrogens (tertiary/aromatic N) is 2. The second-order valence-corrected chi connectivity index (χ2v) is 8.70. The highest BCUT2D eigenvalue weighted by Gasteiger charge is 2.17. The van der Waals surface area contributed by atoms with Gasteiger partial charge in [0.05, 0.1) is 0 Å². The van der Waals surface area contributed by atoms with E-state index in [2.05, 4.69) is 10.6 Å². The van der Waals surface area contributed by atoms with Crippen LogP contribution in [0.1, 0.15) is 31.9 Å². The molecule has 0 aliphatic carbocycles. The third-order valence-electron chi connectivity index (χ3n) is 4.33. The van der Waals surface area contributed by atoms with Crippen molar-refractivity contribution in [1.29, 1.82) is 0 Å². The van der Waals surface area contributed by atoms with E-state index in [1.807, 2.05) is 94.4 Å². The predicted molar refractivity (Wildman–Crippen MR) is 124 cm³/mol. The molecule has 0 atom stereocenters. The zero-order chi connectivity index (χ0) is 22.9. The standard InChI is InChI=1S/C24H34N4O3/c1-24(2,3)31-23(30)25-17-20-12-9-13-21(16-20)26-22(29)28(15-14-27(4)5)18-19-10-7-6-8-11-19/h6-13,16H,14-15,17-18H2,1-5H3,(H,25,30)(H,26,29). The van der Waals surface area contributed by atoms with E-state index in [-0.39, 0.29) is 6.03 Å². The van der Waals surface area contributed by atoms with Crippen molar-refractivity contribution in [3.05, 3.63) is 65.7 Å². The first-order valence-corrected chi connectivity index (χ1v) is 10.4. The second-order valence-electron chi connectivity index (χ2n) is 8.70. The molecular weight excluding hydrogens is 392 g/mol. The summed E-state index contributed by atoms with van der Waals surface area (Å²) in [7, 11) is 3.97. The normalized spacial score (nSPS) is 11.2. The van der Waals surface area contributed by atoms with Crippen LogP contribution < -0.4 is 10.6 Å². The quantitative estimate of drug-likeness (QED) is 0.660. The molecule has 0 fully saturated rings. The summed E-state index contributed by atoms with van der Waals surface area (Å²) in [5.74, 6) is 0. The van der Waals surface area contributed by atoms with Gasteiger partial charge in [0.15, 0.2) is 0 Å². The van der Waals surface area contributed by atoms with E-state index in [0.29, 0.717) is 25.3 Å². The number of hydrogen-bond donors (Lipinski definition) is 2. The third-order valence-corrected chi connectivity index (χ3v) is 4.33. The van der Waals surface area contributed by atoms with Gasteiger partial charge in [0.2, 0.25) is 0 Å². The van der Waals surface area contributed by atoms with E-state index in [1.54, 1.807) is 4.90 Å². The van der Waals surface area contributed by atoms with Crippen LogP contribution in [0.15, 0.2) is 54.6 Å². The Labute approximate surface area is 185 Å². The molecule has 3 amide bonds. The van der Waals surface area contributed by atoms with Gasteiger partial charge in [-0.3, -0.25) is 0 Å². The van der Waals surface area contributed by atoms with E-state index in [4.69, 9.17) is 4.74 Å². The summed E-state index contributed by atoms with van der Waals surface area (Å²) in [6.45, 7) is 7.67. The second kappa shape index (κ2) is 11.4. The molecular formula is C24H34N4O3. The maximum absolute atomic E-state index is 13.0. The van der Waals surface area contributed by atoms with E-state index >= 15 is 0 Å². The van der Waals surface area contributed by atoms with Gasteiger partial charge in [0.25, 0.3) is 0 Å². The summed E-state index contributed by atoms with van der Waals surface area (Å²) in [5.41, 5.74) is 2.07. The molecule has 2 rings (SSSR count). The fourth-order valence-corrected chi connectivity index (χ4v) is 2.83. The lowest BCUT2D eigenvalue weighted by Gasteiger charge is -2.25. The number of anilines is 1. The average molecular weight is 427 g/mol. The Morgan fingerprint density at radius 2 is 1.61 bits per heavy atom. The highest BCUT2D eigenvalue weighted by Crippen LogP contribution is 2.14. The van der Waals surface area contributed by atoms with Crippen molar-refractivity contribution in [1.82, 2.24) is 15.1 Å². The molecule has 2 N–H and O–H groups in total. The van der Waals surface area contributed by atoms with Gasteiger partial charge in [-0.1, -0.05) is 42.5 Å². The average Bonchev–Trinajstić information content (AvgIpc) is 2.69. The number of rotatable bonds is 8. The van der Waals surface area contributed by atoms with Gasteiger partial charge in [-0.25, -0.2) is 9.59 Å². The summed E-state index contributed by atoms with van der Waals surface area (Å²) < 4.78 is 5.26. The molecule has 2 aromatic carbocycles. The van der Waals surface area contributed by atoms with Gasteiger partial charge in [-0.2, -0.15) is 0 Å². The van der Waals surface area contributed by atoms with Crippen molar-refractivity contribution < 1.29 is 14.3 Å². The minimum atomic E-state index is -0.547. The smallest absolute Gasteiger partial charge is 0.407 e.